The normalized spacial score (nSPS) is 27.7. The summed E-state index contributed by atoms with van der Waals surface area (Å²) in [5.41, 5.74) is 2.72. The number of morpholine rings is 1. The van der Waals surface area contributed by atoms with E-state index in [2.05, 4.69) is 56.9 Å². The highest BCUT2D eigenvalue weighted by Gasteiger charge is 2.33. The molecule has 0 N–H and O–H groups in total. The summed E-state index contributed by atoms with van der Waals surface area (Å²) in [6.07, 6.45) is 4.50. The smallest absolute Gasteiger partial charge is 0.0748 e. The molecule has 1 aromatic carbocycles. The van der Waals surface area contributed by atoms with Crippen LogP contribution in [0.3, 0.4) is 0 Å². The molecular formula is C18H29NO. The number of rotatable bonds is 5. The summed E-state index contributed by atoms with van der Waals surface area (Å²) in [7, 11) is 0. The van der Waals surface area contributed by atoms with Crippen molar-refractivity contribution in [3.05, 3.63) is 35.4 Å². The van der Waals surface area contributed by atoms with Gasteiger partial charge in [0, 0.05) is 6.54 Å². The SMILES string of the molecule is CCCCCN1CC(C)OC(C)C1c1ccc(C)cc1. The minimum Gasteiger partial charge on any atom is -0.372 e. The molecule has 112 valence electrons. The van der Waals surface area contributed by atoms with Crippen molar-refractivity contribution in [2.24, 2.45) is 0 Å². The van der Waals surface area contributed by atoms with Gasteiger partial charge in [-0.2, -0.15) is 0 Å². The Hall–Kier alpha value is -0.860. The van der Waals surface area contributed by atoms with Crippen molar-refractivity contribution in [1.82, 2.24) is 4.90 Å². The summed E-state index contributed by atoms with van der Waals surface area (Å²) in [5, 5.41) is 0. The van der Waals surface area contributed by atoms with Gasteiger partial charge in [0.15, 0.2) is 0 Å². The van der Waals surface area contributed by atoms with Crippen LogP contribution in [-0.2, 0) is 4.74 Å². The van der Waals surface area contributed by atoms with E-state index in [4.69, 9.17) is 4.74 Å². The van der Waals surface area contributed by atoms with Crippen LogP contribution in [0.15, 0.2) is 24.3 Å². The molecule has 0 saturated carbocycles. The quantitative estimate of drug-likeness (QED) is 0.741. The van der Waals surface area contributed by atoms with Gasteiger partial charge in [0.1, 0.15) is 0 Å². The van der Waals surface area contributed by atoms with Crippen molar-refractivity contribution < 1.29 is 4.74 Å². The van der Waals surface area contributed by atoms with Crippen LogP contribution in [0, 0.1) is 6.92 Å². The number of unbranched alkanes of at least 4 members (excludes halogenated alkanes) is 2. The standard InChI is InChI=1S/C18H29NO/c1-5-6-7-12-19-13-15(3)20-16(4)18(19)17-10-8-14(2)9-11-17/h8-11,15-16,18H,5-7,12-13H2,1-4H3. The highest BCUT2D eigenvalue weighted by Crippen LogP contribution is 2.31. The number of ether oxygens (including phenoxy) is 1. The van der Waals surface area contributed by atoms with E-state index >= 15 is 0 Å². The number of hydrogen-bond donors (Lipinski definition) is 0. The van der Waals surface area contributed by atoms with E-state index < -0.39 is 0 Å². The van der Waals surface area contributed by atoms with E-state index in [0.29, 0.717) is 12.1 Å². The van der Waals surface area contributed by atoms with Crippen LogP contribution in [0.4, 0.5) is 0 Å². The molecule has 1 aromatic rings. The lowest BCUT2D eigenvalue weighted by atomic mass is 9.96. The third-order valence-corrected chi connectivity index (χ3v) is 4.24. The van der Waals surface area contributed by atoms with E-state index in [1.165, 1.54) is 36.9 Å². The van der Waals surface area contributed by atoms with E-state index in [1.54, 1.807) is 0 Å². The van der Waals surface area contributed by atoms with Crippen LogP contribution >= 0.6 is 0 Å². The molecule has 20 heavy (non-hydrogen) atoms. The topological polar surface area (TPSA) is 12.5 Å². The fourth-order valence-corrected chi connectivity index (χ4v) is 3.27. The number of aryl methyl sites for hydroxylation is 1. The van der Waals surface area contributed by atoms with Crippen molar-refractivity contribution in [1.29, 1.82) is 0 Å². The van der Waals surface area contributed by atoms with Gasteiger partial charge in [-0.3, -0.25) is 4.90 Å². The lowest BCUT2D eigenvalue weighted by Crippen LogP contribution is -2.48. The molecule has 0 spiro atoms. The largest absolute Gasteiger partial charge is 0.372 e. The Balaban J connectivity index is 2.13. The van der Waals surface area contributed by atoms with E-state index in [1.807, 2.05) is 0 Å². The van der Waals surface area contributed by atoms with Crippen LogP contribution < -0.4 is 0 Å². The second-order valence-corrected chi connectivity index (χ2v) is 6.21. The molecule has 1 saturated heterocycles. The third kappa shape index (κ3) is 3.83. The van der Waals surface area contributed by atoms with Crippen molar-refractivity contribution in [3.63, 3.8) is 0 Å². The molecule has 0 radical (unpaired) electrons. The van der Waals surface area contributed by atoms with Gasteiger partial charge in [-0.25, -0.2) is 0 Å². The van der Waals surface area contributed by atoms with Gasteiger partial charge in [0.05, 0.1) is 18.2 Å². The van der Waals surface area contributed by atoms with E-state index in [-0.39, 0.29) is 6.10 Å². The second kappa shape index (κ2) is 7.24. The first kappa shape index (κ1) is 15.5. The number of nitrogens with zero attached hydrogens (tertiary/aromatic N) is 1. The molecule has 0 aliphatic carbocycles. The fourth-order valence-electron chi connectivity index (χ4n) is 3.27. The maximum Gasteiger partial charge on any atom is 0.0748 e. The third-order valence-electron chi connectivity index (χ3n) is 4.24. The summed E-state index contributed by atoms with van der Waals surface area (Å²) < 4.78 is 6.08. The Bertz CT molecular complexity index is 400. The Morgan fingerprint density at radius 2 is 1.85 bits per heavy atom. The van der Waals surface area contributed by atoms with Crippen LogP contribution in [0.2, 0.25) is 0 Å². The Labute approximate surface area is 124 Å². The molecule has 1 aliphatic rings. The molecule has 3 atom stereocenters. The molecule has 1 aliphatic heterocycles. The zero-order valence-corrected chi connectivity index (χ0v) is 13.4. The summed E-state index contributed by atoms with van der Waals surface area (Å²) in [6, 6.07) is 9.36. The summed E-state index contributed by atoms with van der Waals surface area (Å²) >= 11 is 0. The maximum absolute atomic E-state index is 6.08. The highest BCUT2D eigenvalue weighted by atomic mass is 16.5. The van der Waals surface area contributed by atoms with Gasteiger partial charge in [0.25, 0.3) is 0 Å². The molecule has 0 aromatic heterocycles. The molecule has 0 bridgehead atoms. The predicted octanol–water partition coefficient (Wildman–Crippen LogP) is 4.34. The van der Waals surface area contributed by atoms with Gasteiger partial charge in [-0.05, 0) is 39.3 Å². The molecular weight excluding hydrogens is 246 g/mol. The fraction of sp³-hybridized carbons (Fsp3) is 0.667. The Morgan fingerprint density at radius 1 is 1.15 bits per heavy atom. The van der Waals surface area contributed by atoms with E-state index in [9.17, 15) is 0 Å². The molecule has 1 fully saturated rings. The Kier molecular flexibility index (Phi) is 5.62. The zero-order chi connectivity index (χ0) is 14.5. The number of benzene rings is 1. The van der Waals surface area contributed by atoms with Gasteiger partial charge in [-0.1, -0.05) is 49.6 Å². The molecule has 2 rings (SSSR count). The van der Waals surface area contributed by atoms with Crippen LogP contribution in [0.5, 0.6) is 0 Å². The minimum absolute atomic E-state index is 0.267. The van der Waals surface area contributed by atoms with Crippen LogP contribution in [0.1, 0.15) is 57.2 Å². The second-order valence-electron chi connectivity index (χ2n) is 6.21. The molecule has 2 heteroatoms. The summed E-state index contributed by atoms with van der Waals surface area (Å²) in [4.78, 5) is 2.62. The lowest BCUT2D eigenvalue weighted by Gasteiger charge is -2.43. The molecule has 2 nitrogen and oxygen atoms in total. The van der Waals surface area contributed by atoms with Gasteiger partial charge < -0.3 is 4.74 Å². The van der Waals surface area contributed by atoms with Gasteiger partial charge in [-0.15, -0.1) is 0 Å². The number of hydrogen-bond acceptors (Lipinski definition) is 2. The maximum atomic E-state index is 6.08. The van der Waals surface area contributed by atoms with Crippen molar-refractivity contribution in [2.75, 3.05) is 13.1 Å². The van der Waals surface area contributed by atoms with E-state index in [0.717, 1.165) is 6.54 Å². The monoisotopic (exact) mass is 275 g/mol. The first-order chi connectivity index (χ1) is 9.61. The molecule has 0 amide bonds. The summed E-state index contributed by atoms with van der Waals surface area (Å²) in [5.74, 6) is 0. The van der Waals surface area contributed by atoms with Gasteiger partial charge in [0.2, 0.25) is 0 Å². The molecule has 1 heterocycles. The summed E-state index contributed by atoms with van der Waals surface area (Å²) in [6.45, 7) is 11.0. The molecule has 3 unspecified atom stereocenters. The first-order valence-electron chi connectivity index (χ1n) is 8.08. The van der Waals surface area contributed by atoms with Crippen LogP contribution in [-0.4, -0.2) is 30.2 Å². The Morgan fingerprint density at radius 3 is 2.50 bits per heavy atom. The zero-order valence-electron chi connectivity index (χ0n) is 13.4. The lowest BCUT2D eigenvalue weighted by molar-refractivity contribution is -0.106. The van der Waals surface area contributed by atoms with Crippen molar-refractivity contribution in [3.8, 4) is 0 Å². The van der Waals surface area contributed by atoms with Gasteiger partial charge >= 0.3 is 0 Å². The first-order valence-corrected chi connectivity index (χ1v) is 8.08. The average molecular weight is 275 g/mol. The highest BCUT2D eigenvalue weighted by molar-refractivity contribution is 5.25. The van der Waals surface area contributed by atoms with Crippen LogP contribution in [0.25, 0.3) is 0 Å². The van der Waals surface area contributed by atoms with Crippen molar-refractivity contribution >= 4 is 0 Å². The minimum atomic E-state index is 0.267. The van der Waals surface area contributed by atoms with Crippen molar-refractivity contribution in [2.45, 2.75) is 65.2 Å². The average Bonchev–Trinajstić information content (AvgIpc) is 2.40. The predicted molar refractivity (Wildman–Crippen MR) is 85.0 cm³/mol.